The molecule has 0 saturated heterocycles. The molecule has 0 amide bonds. The van der Waals surface area contributed by atoms with Crippen LogP contribution in [0.15, 0.2) is 24.5 Å². The van der Waals surface area contributed by atoms with E-state index in [0.717, 1.165) is 12.4 Å². The SMILES string of the molecule is CC(C)Cn1ncnc1COc1ccc(Cl)cc1C(C)O. The van der Waals surface area contributed by atoms with Crippen LogP contribution in [-0.2, 0) is 13.2 Å². The summed E-state index contributed by atoms with van der Waals surface area (Å²) in [5.74, 6) is 1.85. The maximum Gasteiger partial charge on any atom is 0.164 e. The molecule has 0 saturated carbocycles. The van der Waals surface area contributed by atoms with E-state index >= 15 is 0 Å². The molecule has 5 nitrogen and oxygen atoms in total. The maximum absolute atomic E-state index is 9.79. The van der Waals surface area contributed by atoms with Gasteiger partial charge in [-0.2, -0.15) is 5.10 Å². The van der Waals surface area contributed by atoms with Crippen LogP contribution in [0.1, 0.15) is 38.3 Å². The summed E-state index contributed by atoms with van der Waals surface area (Å²) in [5, 5.41) is 14.6. The third kappa shape index (κ3) is 4.19. The largest absolute Gasteiger partial charge is 0.485 e. The van der Waals surface area contributed by atoms with Gasteiger partial charge in [0.25, 0.3) is 0 Å². The Bertz CT molecular complexity index is 596. The molecule has 21 heavy (non-hydrogen) atoms. The molecule has 1 N–H and O–H groups in total. The lowest BCUT2D eigenvalue weighted by Gasteiger charge is -2.14. The molecule has 1 aromatic heterocycles. The van der Waals surface area contributed by atoms with E-state index in [1.807, 2.05) is 4.68 Å². The highest BCUT2D eigenvalue weighted by atomic mass is 35.5. The Labute approximate surface area is 129 Å². The van der Waals surface area contributed by atoms with Crippen LogP contribution in [0, 0.1) is 5.92 Å². The van der Waals surface area contributed by atoms with Gasteiger partial charge in [0.2, 0.25) is 0 Å². The van der Waals surface area contributed by atoms with E-state index in [9.17, 15) is 5.11 Å². The molecule has 2 rings (SSSR count). The summed E-state index contributed by atoms with van der Waals surface area (Å²) in [7, 11) is 0. The van der Waals surface area contributed by atoms with Crippen LogP contribution in [0.2, 0.25) is 5.02 Å². The number of hydrogen-bond acceptors (Lipinski definition) is 4. The van der Waals surface area contributed by atoms with E-state index in [4.69, 9.17) is 16.3 Å². The quantitative estimate of drug-likeness (QED) is 0.890. The highest BCUT2D eigenvalue weighted by Crippen LogP contribution is 2.28. The maximum atomic E-state index is 9.79. The first-order valence-corrected chi connectivity index (χ1v) is 7.32. The molecule has 0 spiro atoms. The van der Waals surface area contributed by atoms with Gasteiger partial charge >= 0.3 is 0 Å². The third-order valence-corrected chi connectivity index (χ3v) is 3.25. The van der Waals surface area contributed by atoms with Gasteiger partial charge in [-0.1, -0.05) is 25.4 Å². The molecule has 2 aromatic rings. The average Bonchev–Trinajstić information content (AvgIpc) is 2.83. The first-order chi connectivity index (χ1) is 9.97. The fourth-order valence-electron chi connectivity index (χ4n) is 2.02. The zero-order chi connectivity index (χ0) is 15.4. The molecule has 1 aromatic carbocycles. The zero-order valence-electron chi connectivity index (χ0n) is 12.5. The number of aliphatic hydroxyl groups is 1. The fourth-order valence-corrected chi connectivity index (χ4v) is 2.20. The van der Waals surface area contributed by atoms with Crippen molar-refractivity contribution in [3.05, 3.63) is 40.9 Å². The Balaban J connectivity index is 2.12. The van der Waals surface area contributed by atoms with Crippen molar-refractivity contribution in [2.45, 2.75) is 40.0 Å². The van der Waals surface area contributed by atoms with Gasteiger partial charge in [0.15, 0.2) is 5.82 Å². The molecular weight excluding hydrogens is 290 g/mol. The minimum absolute atomic E-state index is 0.300. The molecule has 0 bridgehead atoms. The van der Waals surface area contributed by atoms with Crippen molar-refractivity contribution < 1.29 is 9.84 Å². The second kappa shape index (κ2) is 6.91. The Morgan fingerprint density at radius 2 is 2.10 bits per heavy atom. The van der Waals surface area contributed by atoms with Crippen molar-refractivity contribution in [1.29, 1.82) is 0 Å². The predicted molar refractivity (Wildman–Crippen MR) is 81.3 cm³/mol. The van der Waals surface area contributed by atoms with Gasteiger partial charge in [-0.15, -0.1) is 0 Å². The lowest BCUT2D eigenvalue weighted by atomic mass is 10.1. The molecule has 0 aliphatic rings. The second-order valence-corrected chi connectivity index (χ2v) is 5.84. The lowest BCUT2D eigenvalue weighted by Crippen LogP contribution is -2.12. The standard InChI is InChI=1S/C15H20ClN3O2/c1-10(2)7-19-15(17-9-18-19)8-21-14-5-4-12(16)6-13(14)11(3)20/h4-6,9-11,20H,7-8H2,1-3H3. The molecule has 114 valence electrons. The molecule has 0 aliphatic heterocycles. The highest BCUT2D eigenvalue weighted by Gasteiger charge is 2.12. The average molecular weight is 310 g/mol. The molecule has 0 aliphatic carbocycles. The van der Waals surface area contributed by atoms with Gasteiger partial charge < -0.3 is 9.84 Å². The van der Waals surface area contributed by atoms with Crippen molar-refractivity contribution in [3.63, 3.8) is 0 Å². The molecule has 1 atom stereocenters. The number of rotatable bonds is 6. The first-order valence-electron chi connectivity index (χ1n) is 6.94. The van der Waals surface area contributed by atoms with E-state index in [-0.39, 0.29) is 0 Å². The number of nitrogens with zero attached hydrogens (tertiary/aromatic N) is 3. The zero-order valence-corrected chi connectivity index (χ0v) is 13.2. The van der Waals surface area contributed by atoms with Gasteiger partial charge in [0.1, 0.15) is 18.7 Å². The number of halogens is 1. The monoisotopic (exact) mass is 309 g/mol. The number of benzene rings is 1. The van der Waals surface area contributed by atoms with E-state index in [0.29, 0.717) is 28.9 Å². The second-order valence-electron chi connectivity index (χ2n) is 5.40. The topological polar surface area (TPSA) is 60.2 Å². The van der Waals surface area contributed by atoms with Crippen molar-refractivity contribution in [1.82, 2.24) is 14.8 Å². The minimum Gasteiger partial charge on any atom is -0.485 e. The van der Waals surface area contributed by atoms with Crippen molar-refractivity contribution in [3.8, 4) is 5.75 Å². The Morgan fingerprint density at radius 3 is 2.76 bits per heavy atom. The van der Waals surface area contributed by atoms with E-state index in [1.54, 1.807) is 25.1 Å². The van der Waals surface area contributed by atoms with Crippen LogP contribution in [0.4, 0.5) is 0 Å². The van der Waals surface area contributed by atoms with E-state index < -0.39 is 6.10 Å². The molecular formula is C15H20ClN3O2. The smallest absolute Gasteiger partial charge is 0.164 e. The lowest BCUT2D eigenvalue weighted by molar-refractivity contribution is 0.189. The Morgan fingerprint density at radius 1 is 1.33 bits per heavy atom. The molecule has 0 fully saturated rings. The van der Waals surface area contributed by atoms with Crippen LogP contribution < -0.4 is 4.74 Å². The van der Waals surface area contributed by atoms with Crippen molar-refractivity contribution in [2.75, 3.05) is 0 Å². The number of ether oxygens (including phenoxy) is 1. The van der Waals surface area contributed by atoms with Gasteiger partial charge in [-0.25, -0.2) is 9.67 Å². The molecule has 6 heteroatoms. The van der Waals surface area contributed by atoms with Gasteiger partial charge in [0, 0.05) is 17.1 Å². The van der Waals surface area contributed by atoms with Crippen LogP contribution in [0.25, 0.3) is 0 Å². The van der Waals surface area contributed by atoms with E-state index in [2.05, 4.69) is 23.9 Å². The molecule has 1 unspecified atom stereocenters. The van der Waals surface area contributed by atoms with Gasteiger partial charge in [-0.3, -0.25) is 0 Å². The fraction of sp³-hybridized carbons (Fsp3) is 0.467. The normalized spacial score (nSPS) is 12.7. The predicted octanol–water partition coefficient (Wildman–Crippen LogP) is 3.22. The van der Waals surface area contributed by atoms with Crippen LogP contribution in [-0.4, -0.2) is 19.9 Å². The van der Waals surface area contributed by atoms with Crippen LogP contribution in [0.5, 0.6) is 5.75 Å². The summed E-state index contributed by atoms with van der Waals surface area (Å²) in [6.45, 7) is 7.02. The number of aliphatic hydroxyl groups excluding tert-OH is 1. The summed E-state index contributed by atoms with van der Waals surface area (Å²) in [6, 6.07) is 5.20. The number of aromatic nitrogens is 3. The van der Waals surface area contributed by atoms with Crippen LogP contribution >= 0.6 is 11.6 Å². The summed E-state index contributed by atoms with van der Waals surface area (Å²) < 4.78 is 7.61. The minimum atomic E-state index is -0.646. The van der Waals surface area contributed by atoms with Gasteiger partial charge in [0.05, 0.1) is 6.10 Å². The highest BCUT2D eigenvalue weighted by molar-refractivity contribution is 6.30. The van der Waals surface area contributed by atoms with Gasteiger partial charge in [-0.05, 0) is 31.0 Å². The summed E-state index contributed by atoms with van der Waals surface area (Å²) in [6.07, 6.45) is 0.880. The van der Waals surface area contributed by atoms with Crippen LogP contribution in [0.3, 0.4) is 0 Å². The summed E-state index contributed by atoms with van der Waals surface area (Å²) >= 11 is 5.95. The Kier molecular flexibility index (Phi) is 5.20. The van der Waals surface area contributed by atoms with Crippen molar-refractivity contribution in [2.24, 2.45) is 5.92 Å². The summed E-state index contributed by atoms with van der Waals surface area (Å²) in [4.78, 5) is 4.21. The third-order valence-electron chi connectivity index (χ3n) is 3.01. The number of hydrogen-bond donors (Lipinski definition) is 1. The molecule has 0 radical (unpaired) electrons. The van der Waals surface area contributed by atoms with E-state index in [1.165, 1.54) is 6.33 Å². The summed E-state index contributed by atoms with van der Waals surface area (Å²) in [5.41, 5.74) is 0.664. The molecule has 1 heterocycles. The van der Waals surface area contributed by atoms with Crippen molar-refractivity contribution >= 4 is 11.6 Å². The Hall–Kier alpha value is -1.59. The first kappa shape index (κ1) is 15.8.